The summed E-state index contributed by atoms with van der Waals surface area (Å²) < 4.78 is 0. The average Bonchev–Trinajstić information content (AvgIpc) is 2.54. The highest BCUT2D eigenvalue weighted by Gasteiger charge is 2.24. The van der Waals surface area contributed by atoms with E-state index in [1.807, 2.05) is 18.7 Å². The van der Waals surface area contributed by atoms with Gasteiger partial charge in [-0.3, -0.25) is 24.6 Å². The Morgan fingerprint density at radius 2 is 1.88 bits per heavy atom. The van der Waals surface area contributed by atoms with Gasteiger partial charge in [-0.05, 0) is 26.8 Å². The number of carbonyl (C=O) groups is 2. The SMILES string of the molecule is Cc1ccc(C(=O)N2CCN(CC(=O)NC(C)C)CC2)cc1[N+](=O)[O-]. The van der Waals surface area contributed by atoms with Crippen LogP contribution in [-0.2, 0) is 4.79 Å². The largest absolute Gasteiger partial charge is 0.353 e. The molecule has 0 saturated carbocycles. The van der Waals surface area contributed by atoms with E-state index < -0.39 is 4.92 Å². The molecule has 0 spiro atoms. The van der Waals surface area contributed by atoms with Gasteiger partial charge in [0.2, 0.25) is 5.91 Å². The highest BCUT2D eigenvalue weighted by molar-refractivity contribution is 5.95. The van der Waals surface area contributed by atoms with Crippen LogP contribution in [-0.4, -0.2) is 65.3 Å². The van der Waals surface area contributed by atoms with Crippen molar-refractivity contribution in [2.45, 2.75) is 26.8 Å². The van der Waals surface area contributed by atoms with Crippen molar-refractivity contribution in [3.63, 3.8) is 0 Å². The molecule has 2 rings (SSSR count). The first-order valence-electron chi connectivity index (χ1n) is 8.34. The summed E-state index contributed by atoms with van der Waals surface area (Å²) in [5.41, 5.74) is 0.806. The third-order valence-corrected chi connectivity index (χ3v) is 4.13. The molecular formula is C17H24N4O4. The van der Waals surface area contributed by atoms with E-state index in [1.54, 1.807) is 24.0 Å². The highest BCUT2D eigenvalue weighted by Crippen LogP contribution is 2.20. The maximum Gasteiger partial charge on any atom is 0.273 e. The van der Waals surface area contributed by atoms with Gasteiger partial charge in [0.1, 0.15) is 0 Å². The molecule has 1 saturated heterocycles. The number of nitro benzene ring substituents is 1. The Bertz CT molecular complexity index is 667. The minimum Gasteiger partial charge on any atom is -0.353 e. The summed E-state index contributed by atoms with van der Waals surface area (Å²) in [5, 5.41) is 13.9. The Labute approximate surface area is 146 Å². The molecule has 0 aromatic heterocycles. The van der Waals surface area contributed by atoms with E-state index in [1.165, 1.54) is 6.07 Å². The van der Waals surface area contributed by atoms with Crippen molar-refractivity contribution in [1.82, 2.24) is 15.1 Å². The Morgan fingerprint density at radius 3 is 2.44 bits per heavy atom. The Balaban J connectivity index is 1.94. The first kappa shape index (κ1) is 18.9. The lowest BCUT2D eigenvalue weighted by Gasteiger charge is -2.34. The fourth-order valence-electron chi connectivity index (χ4n) is 2.80. The zero-order valence-corrected chi connectivity index (χ0v) is 14.8. The molecular weight excluding hydrogens is 324 g/mol. The van der Waals surface area contributed by atoms with Crippen molar-refractivity contribution < 1.29 is 14.5 Å². The van der Waals surface area contributed by atoms with E-state index in [0.29, 0.717) is 43.9 Å². The van der Waals surface area contributed by atoms with Gasteiger partial charge in [-0.1, -0.05) is 6.07 Å². The number of hydrogen-bond donors (Lipinski definition) is 1. The molecule has 1 heterocycles. The van der Waals surface area contributed by atoms with E-state index in [-0.39, 0.29) is 23.5 Å². The summed E-state index contributed by atoms with van der Waals surface area (Å²) in [4.78, 5) is 38.6. The van der Waals surface area contributed by atoms with Gasteiger partial charge in [0.05, 0.1) is 11.5 Å². The molecule has 0 unspecified atom stereocenters. The Hall–Kier alpha value is -2.48. The predicted octanol–water partition coefficient (Wildman–Crippen LogP) is 1.19. The summed E-state index contributed by atoms with van der Waals surface area (Å²) in [6.07, 6.45) is 0. The van der Waals surface area contributed by atoms with Gasteiger partial charge in [-0.15, -0.1) is 0 Å². The summed E-state index contributed by atoms with van der Waals surface area (Å²) in [6, 6.07) is 4.65. The van der Waals surface area contributed by atoms with Crippen molar-refractivity contribution in [2.24, 2.45) is 0 Å². The van der Waals surface area contributed by atoms with Crippen molar-refractivity contribution in [1.29, 1.82) is 0 Å². The van der Waals surface area contributed by atoms with Crippen LogP contribution in [0, 0.1) is 17.0 Å². The van der Waals surface area contributed by atoms with Crippen molar-refractivity contribution in [3.05, 3.63) is 39.4 Å². The molecule has 1 aliphatic heterocycles. The molecule has 0 radical (unpaired) electrons. The fourth-order valence-corrected chi connectivity index (χ4v) is 2.80. The number of benzene rings is 1. The summed E-state index contributed by atoms with van der Waals surface area (Å²) in [7, 11) is 0. The quantitative estimate of drug-likeness (QED) is 0.637. The third kappa shape index (κ3) is 4.99. The minimum absolute atomic E-state index is 0.0241. The molecule has 1 aliphatic rings. The van der Waals surface area contributed by atoms with Crippen LogP contribution in [0.1, 0.15) is 29.8 Å². The second kappa shape index (κ2) is 8.06. The molecule has 2 amide bonds. The number of nitro groups is 1. The molecule has 8 heteroatoms. The molecule has 0 bridgehead atoms. The maximum atomic E-state index is 12.6. The van der Waals surface area contributed by atoms with Crippen LogP contribution in [0.2, 0.25) is 0 Å². The molecule has 1 aromatic rings. The van der Waals surface area contributed by atoms with Gasteiger partial charge in [0, 0.05) is 49.4 Å². The van der Waals surface area contributed by atoms with Crippen LogP contribution >= 0.6 is 0 Å². The third-order valence-electron chi connectivity index (χ3n) is 4.13. The number of amides is 2. The number of hydrogen-bond acceptors (Lipinski definition) is 5. The normalized spacial score (nSPS) is 15.3. The number of piperazine rings is 1. The monoisotopic (exact) mass is 348 g/mol. The van der Waals surface area contributed by atoms with Gasteiger partial charge >= 0.3 is 0 Å². The smallest absolute Gasteiger partial charge is 0.273 e. The van der Waals surface area contributed by atoms with Crippen LogP contribution in [0.3, 0.4) is 0 Å². The topological polar surface area (TPSA) is 95.8 Å². The number of rotatable bonds is 5. The minimum atomic E-state index is -0.475. The number of nitrogens with one attached hydrogen (secondary N) is 1. The lowest BCUT2D eigenvalue weighted by molar-refractivity contribution is -0.385. The van der Waals surface area contributed by atoms with Gasteiger partial charge in [0.15, 0.2) is 0 Å². The zero-order chi connectivity index (χ0) is 18.6. The predicted molar refractivity (Wildman–Crippen MR) is 93.5 cm³/mol. The van der Waals surface area contributed by atoms with Crippen LogP contribution in [0.4, 0.5) is 5.69 Å². The fraction of sp³-hybridized carbons (Fsp3) is 0.529. The molecule has 1 aromatic carbocycles. The van der Waals surface area contributed by atoms with Crippen LogP contribution in [0.5, 0.6) is 0 Å². The molecule has 1 N–H and O–H groups in total. The van der Waals surface area contributed by atoms with E-state index >= 15 is 0 Å². The molecule has 8 nitrogen and oxygen atoms in total. The maximum absolute atomic E-state index is 12.6. The van der Waals surface area contributed by atoms with Crippen LogP contribution in [0.15, 0.2) is 18.2 Å². The van der Waals surface area contributed by atoms with Gasteiger partial charge in [0.25, 0.3) is 11.6 Å². The lowest BCUT2D eigenvalue weighted by atomic mass is 10.1. The van der Waals surface area contributed by atoms with E-state index in [2.05, 4.69) is 5.32 Å². The second-order valence-corrected chi connectivity index (χ2v) is 6.55. The Kier molecular flexibility index (Phi) is 6.08. The van der Waals surface area contributed by atoms with Gasteiger partial charge in [-0.2, -0.15) is 0 Å². The first-order valence-corrected chi connectivity index (χ1v) is 8.34. The van der Waals surface area contributed by atoms with Crippen molar-refractivity contribution in [3.8, 4) is 0 Å². The van der Waals surface area contributed by atoms with Crippen molar-refractivity contribution >= 4 is 17.5 Å². The summed E-state index contributed by atoms with van der Waals surface area (Å²) >= 11 is 0. The molecule has 136 valence electrons. The lowest BCUT2D eigenvalue weighted by Crippen LogP contribution is -2.51. The van der Waals surface area contributed by atoms with E-state index in [9.17, 15) is 19.7 Å². The van der Waals surface area contributed by atoms with Crippen molar-refractivity contribution in [2.75, 3.05) is 32.7 Å². The molecule has 1 fully saturated rings. The second-order valence-electron chi connectivity index (χ2n) is 6.55. The average molecular weight is 348 g/mol. The van der Waals surface area contributed by atoms with Crippen LogP contribution < -0.4 is 5.32 Å². The summed E-state index contributed by atoms with van der Waals surface area (Å²) in [5.74, 6) is -0.238. The highest BCUT2D eigenvalue weighted by atomic mass is 16.6. The molecule has 0 aliphatic carbocycles. The number of aryl methyl sites for hydroxylation is 1. The molecule has 0 atom stereocenters. The van der Waals surface area contributed by atoms with E-state index in [0.717, 1.165) is 0 Å². The zero-order valence-electron chi connectivity index (χ0n) is 14.8. The van der Waals surface area contributed by atoms with Crippen LogP contribution in [0.25, 0.3) is 0 Å². The number of nitrogens with zero attached hydrogens (tertiary/aromatic N) is 3. The molecule has 25 heavy (non-hydrogen) atoms. The standard InChI is InChI=1S/C17H24N4O4/c1-12(2)18-16(22)11-19-6-8-20(9-7-19)17(23)14-5-4-13(3)15(10-14)21(24)25/h4-5,10,12H,6-9,11H2,1-3H3,(H,18,22). The summed E-state index contributed by atoms with van der Waals surface area (Å²) in [6.45, 7) is 7.98. The first-order chi connectivity index (χ1) is 11.8. The van der Waals surface area contributed by atoms with Gasteiger partial charge < -0.3 is 10.2 Å². The van der Waals surface area contributed by atoms with Gasteiger partial charge in [-0.25, -0.2) is 0 Å². The Morgan fingerprint density at radius 1 is 1.24 bits per heavy atom. The van der Waals surface area contributed by atoms with E-state index in [4.69, 9.17) is 0 Å². The number of carbonyl (C=O) groups excluding carboxylic acids is 2.